The summed E-state index contributed by atoms with van der Waals surface area (Å²) in [5, 5.41) is 0. The fourth-order valence-electron chi connectivity index (χ4n) is 2.86. The van der Waals surface area contributed by atoms with Gasteiger partial charge in [0.2, 0.25) is 0 Å². The largest absolute Gasteiger partial charge is 0.464 e. The first-order valence-corrected chi connectivity index (χ1v) is 10.3. The number of nitrogens with zero attached hydrogens (tertiary/aromatic N) is 2. The zero-order chi connectivity index (χ0) is 20.4. The van der Waals surface area contributed by atoms with Gasteiger partial charge in [-0.1, -0.05) is 12.1 Å². The standard InChI is InChI=1S/C20H24Cl2N2O4/c21-10-12-23(13-11-22)17-6-4-16(5-7-17)2-1-3-20(27)28-15-14-24-18(25)8-9-19(24)26/h4-9H,1-3,10-15H2. The van der Waals surface area contributed by atoms with Crippen molar-refractivity contribution in [3.63, 3.8) is 0 Å². The summed E-state index contributed by atoms with van der Waals surface area (Å²) in [7, 11) is 0. The van der Waals surface area contributed by atoms with E-state index in [0.717, 1.165) is 35.7 Å². The van der Waals surface area contributed by atoms with Crippen LogP contribution in [0.2, 0.25) is 0 Å². The van der Waals surface area contributed by atoms with Crippen LogP contribution in [0.15, 0.2) is 36.4 Å². The average molecular weight is 427 g/mol. The van der Waals surface area contributed by atoms with Gasteiger partial charge in [-0.3, -0.25) is 19.3 Å². The van der Waals surface area contributed by atoms with Crippen molar-refractivity contribution < 1.29 is 19.1 Å². The Labute approximate surface area is 175 Å². The number of hydrogen-bond donors (Lipinski definition) is 0. The fraction of sp³-hybridized carbons (Fsp3) is 0.450. The maximum atomic E-state index is 11.8. The first kappa shape index (κ1) is 22.2. The molecule has 1 heterocycles. The Morgan fingerprint density at radius 1 is 1.00 bits per heavy atom. The molecule has 1 aliphatic rings. The van der Waals surface area contributed by atoms with Gasteiger partial charge in [-0.25, -0.2) is 0 Å². The van der Waals surface area contributed by atoms with Crippen LogP contribution >= 0.6 is 23.2 Å². The molecular weight excluding hydrogens is 403 g/mol. The van der Waals surface area contributed by atoms with Crippen LogP contribution in [-0.2, 0) is 25.5 Å². The van der Waals surface area contributed by atoms with E-state index in [1.165, 1.54) is 12.2 Å². The van der Waals surface area contributed by atoms with Crippen LogP contribution in [-0.4, -0.2) is 60.7 Å². The predicted octanol–water partition coefficient (Wildman–Crippen LogP) is 2.76. The van der Waals surface area contributed by atoms with Gasteiger partial charge in [0.15, 0.2) is 0 Å². The van der Waals surface area contributed by atoms with Gasteiger partial charge in [0.25, 0.3) is 11.8 Å². The van der Waals surface area contributed by atoms with E-state index in [4.69, 9.17) is 27.9 Å². The smallest absolute Gasteiger partial charge is 0.305 e. The molecule has 0 saturated heterocycles. The van der Waals surface area contributed by atoms with Crippen LogP contribution in [0.1, 0.15) is 18.4 Å². The number of benzene rings is 1. The van der Waals surface area contributed by atoms with Crippen molar-refractivity contribution in [1.82, 2.24) is 4.90 Å². The number of esters is 1. The monoisotopic (exact) mass is 426 g/mol. The Balaban J connectivity index is 1.67. The van der Waals surface area contributed by atoms with E-state index in [0.29, 0.717) is 18.2 Å². The highest BCUT2D eigenvalue weighted by Crippen LogP contribution is 2.17. The quantitative estimate of drug-likeness (QED) is 0.292. The highest BCUT2D eigenvalue weighted by atomic mass is 35.5. The van der Waals surface area contributed by atoms with Crippen molar-refractivity contribution in [3.8, 4) is 0 Å². The fourth-order valence-corrected chi connectivity index (χ4v) is 3.27. The number of imide groups is 1. The van der Waals surface area contributed by atoms with E-state index in [9.17, 15) is 14.4 Å². The van der Waals surface area contributed by atoms with Crippen LogP contribution in [0.25, 0.3) is 0 Å². The second-order valence-corrected chi connectivity index (χ2v) is 7.02. The molecule has 0 unspecified atom stereocenters. The summed E-state index contributed by atoms with van der Waals surface area (Å²) in [5.74, 6) is -0.00584. The van der Waals surface area contributed by atoms with Crippen LogP contribution in [0.4, 0.5) is 5.69 Å². The zero-order valence-corrected chi connectivity index (χ0v) is 17.1. The molecule has 2 rings (SSSR count). The van der Waals surface area contributed by atoms with E-state index in [2.05, 4.69) is 4.90 Å². The Kier molecular flexibility index (Phi) is 9.31. The summed E-state index contributed by atoms with van der Waals surface area (Å²) in [6.45, 7) is 1.58. The Bertz CT molecular complexity index is 683. The van der Waals surface area contributed by atoms with Crippen molar-refractivity contribution in [2.24, 2.45) is 0 Å². The number of rotatable bonds is 12. The summed E-state index contributed by atoms with van der Waals surface area (Å²) < 4.78 is 5.10. The lowest BCUT2D eigenvalue weighted by atomic mass is 10.1. The molecule has 0 aromatic heterocycles. The number of carbonyl (C=O) groups excluding carboxylic acids is 3. The zero-order valence-electron chi connectivity index (χ0n) is 15.6. The first-order chi connectivity index (χ1) is 13.5. The first-order valence-electron chi connectivity index (χ1n) is 9.20. The molecule has 0 N–H and O–H groups in total. The summed E-state index contributed by atoms with van der Waals surface area (Å²) in [6, 6.07) is 8.14. The van der Waals surface area contributed by atoms with Crippen LogP contribution in [0.5, 0.6) is 0 Å². The van der Waals surface area contributed by atoms with E-state index in [-0.39, 0.29) is 37.4 Å². The molecule has 1 aromatic carbocycles. The molecule has 152 valence electrons. The average Bonchev–Trinajstić information content (AvgIpc) is 3.00. The SMILES string of the molecule is O=C(CCCc1ccc(N(CCCl)CCCl)cc1)OCCN1C(=O)C=CC1=O. The van der Waals surface area contributed by atoms with E-state index < -0.39 is 0 Å². The molecule has 1 aliphatic heterocycles. The van der Waals surface area contributed by atoms with Gasteiger partial charge >= 0.3 is 5.97 Å². The van der Waals surface area contributed by atoms with Crippen LogP contribution in [0, 0.1) is 0 Å². The second kappa shape index (κ2) is 11.7. The minimum Gasteiger partial charge on any atom is -0.464 e. The van der Waals surface area contributed by atoms with Gasteiger partial charge in [-0.05, 0) is 30.5 Å². The van der Waals surface area contributed by atoms with Crippen molar-refractivity contribution in [2.75, 3.05) is 42.9 Å². The highest BCUT2D eigenvalue weighted by molar-refractivity contribution is 6.18. The molecule has 1 aromatic rings. The lowest BCUT2D eigenvalue weighted by molar-refractivity contribution is -0.147. The molecule has 8 heteroatoms. The minimum absolute atomic E-state index is 0.0175. The predicted molar refractivity (Wildman–Crippen MR) is 110 cm³/mol. The number of halogens is 2. The minimum atomic E-state index is -0.375. The number of anilines is 1. The Morgan fingerprint density at radius 3 is 2.18 bits per heavy atom. The van der Waals surface area contributed by atoms with Gasteiger partial charge in [-0.15, -0.1) is 23.2 Å². The number of amides is 2. The molecule has 0 saturated carbocycles. The second-order valence-electron chi connectivity index (χ2n) is 6.27. The van der Waals surface area contributed by atoms with E-state index in [1.807, 2.05) is 24.3 Å². The molecule has 0 bridgehead atoms. The molecule has 0 atom stereocenters. The Hall–Kier alpha value is -2.05. The maximum absolute atomic E-state index is 11.8. The van der Waals surface area contributed by atoms with Gasteiger partial charge in [0.1, 0.15) is 6.61 Å². The van der Waals surface area contributed by atoms with E-state index in [1.54, 1.807) is 0 Å². The third kappa shape index (κ3) is 6.84. The number of alkyl halides is 2. The summed E-state index contributed by atoms with van der Waals surface area (Å²) in [4.78, 5) is 37.8. The van der Waals surface area contributed by atoms with Gasteiger partial charge in [0.05, 0.1) is 6.54 Å². The topological polar surface area (TPSA) is 66.9 Å². The van der Waals surface area contributed by atoms with Crippen LogP contribution in [0.3, 0.4) is 0 Å². The maximum Gasteiger partial charge on any atom is 0.305 e. The number of hydrogen-bond acceptors (Lipinski definition) is 5. The summed E-state index contributed by atoms with van der Waals surface area (Å²) in [6.07, 6.45) is 4.12. The van der Waals surface area contributed by atoms with E-state index >= 15 is 0 Å². The number of aryl methyl sites for hydroxylation is 1. The molecule has 0 aliphatic carbocycles. The van der Waals surface area contributed by atoms with Gasteiger partial charge in [0, 0.05) is 49.1 Å². The molecular formula is C20H24Cl2N2O4. The third-order valence-corrected chi connectivity index (χ3v) is 4.67. The molecule has 28 heavy (non-hydrogen) atoms. The van der Waals surface area contributed by atoms with Crippen molar-refractivity contribution in [1.29, 1.82) is 0 Å². The molecule has 6 nitrogen and oxygen atoms in total. The number of carbonyl (C=O) groups is 3. The molecule has 0 spiro atoms. The number of ether oxygens (including phenoxy) is 1. The van der Waals surface area contributed by atoms with Gasteiger partial charge in [-0.2, -0.15) is 0 Å². The Morgan fingerprint density at radius 2 is 1.61 bits per heavy atom. The van der Waals surface area contributed by atoms with Crippen molar-refractivity contribution in [2.45, 2.75) is 19.3 Å². The highest BCUT2D eigenvalue weighted by Gasteiger charge is 2.23. The summed E-state index contributed by atoms with van der Waals surface area (Å²) >= 11 is 11.7. The lowest BCUT2D eigenvalue weighted by Gasteiger charge is -2.23. The molecule has 0 fully saturated rings. The molecule has 2 amide bonds. The summed E-state index contributed by atoms with van der Waals surface area (Å²) in [5.41, 5.74) is 2.21. The van der Waals surface area contributed by atoms with Gasteiger partial charge < -0.3 is 9.64 Å². The third-order valence-electron chi connectivity index (χ3n) is 4.34. The van der Waals surface area contributed by atoms with Crippen LogP contribution < -0.4 is 4.90 Å². The van der Waals surface area contributed by atoms with Crippen molar-refractivity contribution in [3.05, 3.63) is 42.0 Å². The van der Waals surface area contributed by atoms with Crippen molar-refractivity contribution >= 4 is 46.7 Å². The molecule has 0 radical (unpaired) electrons. The normalized spacial score (nSPS) is 13.3. The lowest BCUT2D eigenvalue weighted by Crippen LogP contribution is -2.33.